The van der Waals surface area contributed by atoms with Gasteiger partial charge in [0.1, 0.15) is 6.26 Å². The Bertz CT molecular complexity index is 299. The fraction of sp³-hybridized carbons (Fsp3) is 0.455. The largest absolute Gasteiger partial charge is 0.449 e. The molecule has 0 radical (unpaired) electrons. The van der Waals surface area contributed by atoms with Crippen LogP contribution in [0.4, 0.5) is 0 Å². The van der Waals surface area contributed by atoms with E-state index in [1.807, 2.05) is 26.1 Å². The maximum Gasteiger partial charge on any atom is 0.193 e. The molecule has 0 atom stereocenters. The molecular formula is C11H16N2O. The Kier molecular flexibility index (Phi) is 4.69. The standard InChI is InChI=1S/C11H16N2O/c1-3-5-10(12-2)6-4-7-11-13-8-9-14-11/h3,5,8-9H,4,6-7H2,1-2H3. The number of hydrogen-bond acceptors (Lipinski definition) is 3. The normalized spacial score (nSPS) is 12.6. The topological polar surface area (TPSA) is 38.4 Å². The van der Waals surface area contributed by atoms with Gasteiger partial charge in [0, 0.05) is 19.2 Å². The highest BCUT2D eigenvalue weighted by molar-refractivity contribution is 5.94. The molecule has 1 rings (SSSR count). The van der Waals surface area contributed by atoms with E-state index in [4.69, 9.17) is 4.42 Å². The summed E-state index contributed by atoms with van der Waals surface area (Å²) < 4.78 is 5.14. The van der Waals surface area contributed by atoms with Crippen LogP contribution in [0.2, 0.25) is 0 Å². The molecule has 0 aliphatic rings. The third-order valence-corrected chi connectivity index (χ3v) is 1.95. The first-order chi connectivity index (χ1) is 6.86. The van der Waals surface area contributed by atoms with E-state index in [9.17, 15) is 0 Å². The van der Waals surface area contributed by atoms with Crippen LogP contribution in [0.15, 0.2) is 34.0 Å². The Morgan fingerprint density at radius 1 is 1.64 bits per heavy atom. The van der Waals surface area contributed by atoms with Gasteiger partial charge in [0.25, 0.3) is 0 Å². The first-order valence-corrected chi connectivity index (χ1v) is 4.83. The molecule has 3 nitrogen and oxygen atoms in total. The maximum absolute atomic E-state index is 5.14. The van der Waals surface area contributed by atoms with Crippen molar-refractivity contribution in [1.82, 2.24) is 4.98 Å². The van der Waals surface area contributed by atoms with E-state index >= 15 is 0 Å². The van der Waals surface area contributed by atoms with E-state index in [0.29, 0.717) is 0 Å². The van der Waals surface area contributed by atoms with E-state index in [0.717, 1.165) is 30.9 Å². The molecule has 0 bridgehead atoms. The predicted octanol–water partition coefficient (Wildman–Crippen LogP) is 2.64. The summed E-state index contributed by atoms with van der Waals surface area (Å²) in [5.41, 5.74) is 1.12. The minimum absolute atomic E-state index is 0.806. The van der Waals surface area contributed by atoms with E-state index in [2.05, 4.69) is 9.98 Å². The zero-order chi connectivity index (χ0) is 10.2. The Balaban J connectivity index is 2.27. The number of aromatic nitrogens is 1. The number of aryl methyl sites for hydroxylation is 1. The molecule has 0 spiro atoms. The highest BCUT2D eigenvalue weighted by Crippen LogP contribution is 2.03. The van der Waals surface area contributed by atoms with Crippen LogP contribution in [0.3, 0.4) is 0 Å². The van der Waals surface area contributed by atoms with Gasteiger partial charge in [-0.2, -0.15) is 0 Å². The Morgan fingerprint density at radius 2 is 2.50 bits per heavy atom. The molecule has 14 heavy (non-hydrogen) atoms. The van der Waals surface area contributed by atoms with Crippen LogP contribution in [0, 0.1) is 0 Å². The second-order valence-electron chi connectivity index (χ2n) is 2.99. The van der Waals surface area contributed by atoms with Crippen LogP contribution >= 0.6 is 0 Å². The molecule has 0 saturated heterocycles. The minimum atomic E-state index is 0.806. The lowest BCUT2D eigenvalue weighted by molar-refractivity contribution is 0.489. The molecule has 0 fully saturated rings. The second kappa shape index (κ2) is 6.13. The molecule has 76 valence electrons. The van der Waals surface area contributed by atoms with Crippen LogP contribution in [0.5, 0.6) is 0 Å². The Hall–Kier alpha value is -1.38. The zero-order valence-electron chi connectivity index (χ0n) is 8.73. The van der Waals surface area contributed by atoms with Crippen molar-refractivity contribution in [3.8, 4) is 0 Å². The van der Waals surface area contributed by atoms with Gasteiger partial charge < -0.3 is 4.42 Å². The van der Waals surface area contributed by atoms with Gasteiger partial charge in [0.15, 0.2) is 5.89 Å². The molecule has 0 aliphatic carbocycles. The number of aliphatic imine (C=N–C) groups is 1. The lowest BCUT2D eigenvalue weighted by atomic mass is 10.1. The summed E-state index contributed by atoms with van der Waals surface area (Å²) in [5, 5.41) is 0. The van der Waals surface area contributed by atoms with Crippen molar-refractivity contribution in [3.05, 3.63) is 30.5 Å². The van der Waals surface area contributed by atoms with Crippen LogP contribution < -0.4 is 0 Å². The van der Waals surface area contributed by atoms with Crippen molar-refractivity contribution < 1.29 is 4.42 Å². The number of oxazole rings is 1. The van der Waals surface area contributed by atoms with Gasteiger partial charge >= 0.3 is 0 Å². The summed E-state index contributed by atoms with van der Waals surface area (Å²) in [7, 11) is 1.82. The van der Waals surface area contributed by atoms with Gasteiger partial charge in [-0.05, 0) is 25.8 Å². The van der Waals surface area contributed by atoms with Gasteiger partial charge in [-0.15, -0.1) is 0 Å². The van der Waals surface area contributed by atoms with Gasteiger partial charge in [-0.3, -0.25) is 4.99 Å². The van der Waals surface area contributed by atoms with Crippen molar-refractivity contribution in [3.63, 3.8) is 0 Å². The Morgan fingerprint density at radius 3 is 3.07 bits per heavy atom. The highest BCUT2D eigenvalue weighted by atomic mass is 16.3. The second-order valence-corrected chi connectivity index (χ2v) is 2.99. The van der Waals surface area contributed by atoms with Crippen LogP contribution in [-0.2, 0) is 6.42 Å². The molecule has 0 aromatic carbocycles. The average molecular weight is 192 g/mol. The van der Waals surface area contributed by atoms with Crippen molar-refractivity contribution in [2.75, 3.05) is 7.05 Å². The molecular weight excluding hydrogens is 176 g/mol. The molecule has 1 aromatic rings. The van der Waals surface area contributed by atoms with Crippen molar-refractivity contribution >= 4 is 5.71 Å². The van der Waals surface area contributed by atoms with Crippen LogP contribution in [0.1, 0.15) is 25.7 Å². The van der Waals surface area contributed by atoms with Crippen molar-refractivity contribution in [2.45, 2.75) is 26.2 Å². The molecule has 1 heterocycles. The van der Waals surface area contributed by atoms with E-state index in [1.54, 1.807) is 12.5 Å². The first kappa shape index (κ1) is 10.7. The molecule has 3 heteroatoms. The quantitative estimate of drug-likeness (QED) is 0.673. The van der Waals surface area contributed by atoms with Gasteiger partial charge in [0.2, 0.25) is 0 Å². The number of rotatable bonds is 5. The number of allylic oxidation sites excluding steroid dienone is 2. The summed E-state index contributed by atoms with van der Waals surface area (Å²) in [6.07, 6.45) is 10.2. The summed E-state index contributed by atoms with van der Waals surface area (Å²) in [4.78, 5) is 8.24. The summed E-state index contributed by atoms with van der Waals surface area (Å²) in [6, 6.07) is 0. The van der Waals surface area contributed by atoms with Gasteiger partial charge in [0.05, 0.1) is 6.20 Å². The lowest BCUT2D eigenvalue weighted by Crippen LogP contribution is -1.95. The van der Waals surface area contributed by atoms with Crippen molar-refractivity contribution in [2.24, 2.45) is 4.99 Å². The van der Waals surface area contributed by atoms with Crippen LogP contribution in [-0.4, -0.2) is 17.7 Å². The van der Waals surface area contributed by atoms with Crippen molar-refractivity contribution in [1.29, 1.82) is 0 Å². The van der Waals surface area contributed by atoms with E-state index in [1.165, 1.54) is 0 Å². The first-order valence-electron chi connectivity index (χ1n) is 4.83. The van der Waals surface area contributed by atoms with Gasteiger partial charge in [-0.1, -0.05) is 6.08 Å². The molecule has 0 N–H and O–H groups in total. The van der Waals surface area contributed by atoms with E-state index in [-0.39, 0.29) is 0 Å². The maximum atomic E-state index is 5.14. The average Bonchev–Trinajstić information content (AvgIpc) is 2.69. The lowest BCUT2D eigenvalue weighted by Gasteiger charge is -1.98. The summed E-state index contributed by atoms with van der Waals surface area (Å²) in [6.45, 7) is 2.00. The molecule has 1 aromatic heterocycles. The SMILES string of the molecule is CC=CC(CCCc1ncco1)=NC. The van der Waals surface area contributed by atoms with Crippen LogP contribution in [0.25, 0.3) is 0 Å². The zero-order valence-corrected chi connectivity index (χ0v) is 8.73. The summed E-state index contributed by atoms with van der Waals surface area (Å²) >= 11 is 0. The molecule has 0 aliphatic heterocycles. The number of nitrogens with zero attached hydrogens (tertiary/aromatic N) is 2. The third-order valence-electron chi connectivity index (χ3n) is 1.95. The highest BCUT2D eigenvalue weighted by Gasteiger charge is 1.98. The summed E-state index contributed by atoms with van der Waals surface area (Å²) in [5.74, 6) is 0.806. The molecule has 0 amide bonds. The monoisotopic (exact) mass is 192 g/mol. The molecule has 0 unspecified atom stereocenters. The fourth-order valence-corrected chi connectivity index (χ4v) is 1.26. The van der Waals surface area contributed by atoms with Gasteiger partial charge in [-0.25, -0.2) is 4.98 Å². The van der Waals surface area contributed by atoms with E-state index < -0.39 is 0 Å². The minimum Gasteiger partial charge on any atom is -0.449 e. The smallest absolute Gasteiger partial charge is 0.193 e. The third kappa shape index (κ3) is 3.56. The predicted molar refractivity (Wildman–Crippen MR) is 57.6 cm³/mol. The molecule has 0 saturated carbocycles. The number of hydrogen-bond donors (Lipinski definition) is 0. The Labute approximate surface area is 84.6 Å². The fourth-order valence-electron chi connectivity index (χ4n) is 1.26.